The van der Waals surface area contributed by atoms with Gasteiger partial charge in [0.1, 0.15) is 5.75 Å². The Balaban J connectivity index is 1.91. The summed E-state index contributed by atoms with van der Waals surface area (Å²) < 4.78 is 5.92. The summed E-state index contributed by atoms with van der Waals surface area (Å²) >= 11 is 7.87. The highest BCUT2D eigenvalue weighted by Gasteiger charge is 2.10. The van der Waals surface area contributed by atoms with Crippen LogP contribution in [0.2, 0.25) is 5.02 Å². The van der Waals surface area contributed by atoms with E-state index in [0.717, 1.165) is 22.1 Å². The minimum atomic E-state index is 0.209. The Kier molecular flexibility index (Phi) is 6.43. The normalized spacial score (nSPS) is 12.1. The van der Waals surface area contributed by atoms with Crippen molar-refractivity contribution in [2.45, 2.75) is 17.9 Å². The van der Waals surface area contributed by atoms with E-state index in [1.807, 2.05) is 31.3 Å². The van der Waals surface area contributed by atoms with Crippen molar-refractivity contribution in [2.24, 2.45) is 0 Å². The van der Waals surface area contributed by atoms with Gasteiger partial charge in [0.15, 0.2) is 0 Å². The van der Waals surface area contributed by atoms with Crippen molar-refractivity contribution in [3.63, 3.8) is 0 Å². The van der Waals surface area contributed by atoms with Crippen LogP contribution in [0, 0.1) is 0 Å². The summed E-state index contributed by atoms with van der Waals surface area (Å²) in [6.45, 7) is 2.77. The molecular formula is C17H20ClNOS. The topological polar surface area (TPSA) is 21.3 Å². The van der Waals surface area contributed by atoms with Crippen molar-refractivity contribution in [1.29, 1.82) is 0 Å². The third kappa shape index (κ3) is 4.95. The lowest BCUT2D eigenvalue weighted by Gasteiger charge is -2.17. The van der Waals surface area contributed by atoms with Crippen LogP contribution in [0.1, 0.15) is 18.5 Å². The second-order valence-electron chi connectivity index (χ2n) is 4.70. The molecule has 0 fully saturated rings. The number of halogens is 1. The maximum absolute atomic E-state index is 6.07. The molecule has 0 saturated carbocycles. The standard InChI is InChI=1S/C17H20ClNOS/c1-13(19-2)16-12-14(18)8-9-17(16)20-10-11-21-15-6-4-3-5-7-15/h3-9,12-13,19H,10-11H2,1-2H3. The molecule has 112 valence electrons. The van der Waals surface area contributed by atoms with E-state index in [4.69, 9.17) is 16.3 Å². The number of rotatable bonds is 7. The molecule has 2 rings (SSSR count). The van der Waals surface area contributed by atoms with Crippen LogP contribution >= 0.6 is 23.4 Å². The van der Waals surface area contributed by atoms with Gasteiger partial charge < -0.3 is 10.1 Å². The lowest BCUT2D eigenvalue weighted by molar-refractivity contribution is 0.337. The van der Waals surface area contributed by atoms with Crippen LogP contribution in [0.3, 0.4) is 0 Å². The van der Waals surface area contributed by atoms with E-state index in [1.165, 1.54) is 4.90 Å². The molecular weight excluding hydrogens is 302 g/mol. The zero-order valence-corrected chi connectivity index (χ0v) is 13.9. The Morgan fingerprint density at radius 2 is 1.95 bits per heavy atom. The van der Waals surface area contributed by atoms with Gasteiger partial charge in [-0.2, -0.15) is 0 Å². The monoisotopic (exact) mass is 321 g/mol. The fourth-order valence-corrected chi connectivity index (χ4v) is 2.91. The molecule has 0 bridgehead atoms. The van der Waals surface area contributed by atoms with Crippen LogP contribution in [-0.4, -0.2) is 19.4 Å². The van der Waals surface area contributed by atoms with Gasteiger partial charge in [0.2, 0.25) is 0 Å². The second kappa shape index (κ2) is 8.32. The van der Waals surface area contributed by atoms with Gasteiger partial charge >= 0.3 is 0 Å². The van der Waals surface area contributed by atoms with Gasteiger partial charge in [-0.25, -0.2) is 0 Å². The summed E-state index contributed by atoms with van der Waals surface area (Å²) in [7, 11) is 1.93. The highest BCUT2D eigenvalue weighted by Crippen LogP contribution is 2.28. The van der Waals surface area contributed by atoms with Crippen LogP contribution in [0.25, 0.3) is 0 Å². The molecule has 1 unspecified atom stereocenters. The molecule has 4 heteroatoms. The van der Waals surface area contributed by atoms with E-state index in [2.05, 4.69) is 36.5 Å². The van der Waals surface area contributed by atoms with Gasteiger partial charge in [-0.1, -0.05) is 29.8 Å². The number of thioether (sulfide) groups is 1. The van der Waals surface area contributed by atoms with Crippen LogP contribution in [-0.2, 0) is 0 Å². The van der Waals surface area contributed by atoms with Gasteiger partial charge in [-0.05, 0) is 44.3 Å². The van der Waals surface area contributed by atoms with Crippen LogP contribution in [0.15, 0.2) is 53.4 Å². The molecule has 1 N–H and O–H groups in total. The summed E-state index contributed by atoms with van der Waals surface area (Å²) in [5.74, 6) is 1.81. The molecule has 0 aromatic heterocycles. The van der Waals surface area contributed by atoms with Crippen molar-refractivity contribution >= 4 is 23.4 Å². The predicted molar refractivity (Wildman–Crippen MR) is 91.6 cm³/mol. The summed E-state index contributed by atoms with van der Waals surface area (Å²) in [4.78, 5) is 1.26. The third-order valence-corrected chi connectivity index (χ3v) is 4.44. The molecule has 1 atom stereocenters. The molecule has 0 aliphatic rings. The Hall–Kier alpha value is -1.16. The molecule has 0 aliphatic heterocycles. The number of nitrogens with one attached hydrogen (secondary N) is 1. The van der Waals surface area contributed by atoms with Gasteiger partial charge in [-0.15, -0.1) is 11.8 Å². The molecule has 2 aromatic carbocycles. The van der Waals surface area contributed by atoms with Gasteiger partial charge in [-0.3, -0.25) is 0 Å². The quantitative estimate of drug-likeness (QED) is 0.585. The molecule has 2 nitrogen and oxygen atoms in total. The first kappa shape index (κ1) is 16.2. The predicted octanol–water partition coefficient (Wildman–Crippen LogP) is 4.79. The molecule has 0 heterocycles. The lowest BCUT2D eigenvalue weighted by Crippen LogP contribution is -2.14. The smallest absolute Gasteiger partial charge is 0.124 e. The Morgan fingerprint density at radius 3 is 2.67 bits per heavy atom. The fraction of sp³-hybridized carbons (Fsp3) is 0.294. The lowest BCUT2D eigenvalue weighted by atomic mass is 10.1. The van der Waals surface area contributed by atoms with Crippen molar-refractivity contribution < 1.29 is 4.74 Å². The minimum Gasteiger partial charge on any atom is -0.492 e. The summed E-state index contributed by atoms with van der Waals surface area (Å²) in [6.07, 6.45) is 0. The minimum absolute atomic E-state index is 0.209. The number of hydrogen-bond acceptors (Lipinski definition) is 3. The van der Waals surface area contributed by atoms with Crippen LogP contribution < -0.4 is 10.1 Å². The van der Waals surface area contributed by atoms with Crippen molar-refractivity contribution in [3.8, 4) is 5.75 Å². The maximum atomic E-state index is 6.07. The third-order valence-electron chi connectivity index (χ3n) is 3.22. The molecule has 0 aliphatic carbocycles. The van der Waals surface area contributed by atoms with Gasteiger partial charge in [0.05, 0.1) is 6.61 Å². The summed E-state index contributed by atoms with van der Waals surface area (Å²) in [5, 5.41) is 3.96. The van der Waals surface area contributed by atoms with E-state index >= 15 is 0 Å². The first-order valence-corrected chi connectivity index (χ1v) is 8.34. The number of ether oxygens (including phenoxy) is 1. The van der Waals surface area contributed by atoms with E-state index in [-0.39, 0.29) is 6.04 Å². The molecule has 0 amide bonds. The largest absolute Gasteiger partial charge is 0.492 e. The Bertz CT molecular complexity index is 562. The van der Waals surface area contributed by atoms with Crippen molar-refractivity contribution in [1.82, 2.24) is 5.32 Å². The molecule has 2 aromatic rings. The number of benzene rings is 2. The van der Waals surface area contributed by atoms with Crippen molar-refractivity contribution in [3.05, 3.63) is 59.1 Å². The first-order valence-electron chi connectivity index (χ1n) is 6.98. The van der Waals surface area contributed by atoms with Gasteiger partial charge in [0, 0.05) is 27.3 Å². The SMILES string of the molecule is CNC(C)c1cc(Cl)ccc1OCCSc1ccccc1. The number of hydrogen-bond donors (Lipinski definition) is 1. The average Bonchev–Trinajstić information content (AvgIpc) is 2.53. The van der Waals surface area contributed by atoms with E-state index in [0.29, 0.717) is 6.61 Å². The highest BCUT2D eigenvalue weighted by molar-refractivity contribution is 7.99. The first-order chi connectivity index (χ1) is 10.2. The van der Waals surface area contributed by atoms with Crippen LogP contribution in [0.5, 0.6) is 5.75 Å². The zero-order chi connectivity index (χ0) is 15.1. The van der Waals surface area contributed by atoms with Gasteiger partial charge in [0.25, 0.3) is 0 Å². The summed E-state index contributed by atoms with van der Waals surface area (Å²) in [5.41, 5.74) is 1.09. The maximum Gasteiger partial charge on any atom is 0.124 e. The van der Waals surface area contributed by atoms with Crippen LogP contribution in [0.4, 0.5) is 0 Å². The molecule has 0 saturated heterocycles. The zero-order valence-electron chi connectivity index (χ0n) is 12.3. The van der Waals surface area contributed by atoms with E-state index in [9.17, 15) is 0 Å². The second-order valence-corrected chi connectivity index (χ2v) is 6.31. The Morgan fingerprint density at radius 1 is 1.19 bits per heavy atom. The van der Waals surface area contributed by atoms with E-state index in [1.54, 1.807) is 11.8 Å². The Labute approximate surface area is 135 Å². The van der Waals surface area contributed by atoms with E-state index < -0.39 is 0 Å². The summed E-state index contributed by atoms with van der Waals surface area (Å²) in [6, 6.07) is 16.3. The van der Waals surface area contributed by atoms with Crippen molar-refractivity contribution in [2.75, 3.05) is 19.4 Å². The molecule has 0 radical (unpaired) electrons. The molecule has 0 spiro atoms. The average molecular weight is 322 g/mol. The fourth-order valence-electron chi connectivity index (χ4n) is 1.97. The highest BCUT2D eigenvalue weighted by atomic mass is 35.5. The molecule has 21 heavy (non-hydrogen) atoms.